The average Bonchev–Trinajstić information content (AvgIpc) is 2.75. The zero-order valence-corrected chi connectivity index (χ0v) is 15.7. The van der Waals surface area contributed by atoms with Crippen molar-refractivity contribution in [1.29, 1.82) is 0 Å². The third-order valence-electron chi connectivity index (χ3n) is 3.52. The fourth-order valence-corrected chi connectivity index (χ4v) is 4.66. The Labute approximate surface area is 144 Å². The van der Waals surface area contributed by atoms with Gasteiger partial charge in [0.2, 0.25) is 4.80 Å². The van der Waals surface area contributed by atoms with E-state index in [0.29, 0.717) is 4.80 Å². The first-order chi connectivity index (χ1) is 10.9. The molecule has 9 heteroatoms. The van der Waals surface area contributed by atoms with Gasteiger partial charge in [-0.2, -0.15) is 8.42 Å². The van der Waals surface area contributed by atoms with Gasteiger partial charge < -0.3 is 4.57 Å². The van der Waals surface area contributed by atoms with Crippen LogP contribution in [0.25, 0.3) is 0 Å². The number of sulfonamides is 1. The number of benzene rings is 1. The van der Waals surface area contributed by atoms with Crippen LogP contribution in [0.1, 0.15) is 31.3 Å². The minimum Gasteiger partial charge on any atom is -0.323 e. The number of nitrogens with zero attached hydrogens (tertiary/aromatic N) is 3. The third kappa shape index (κ3) is 3.57. The lowest BCUT2D eigenvalue weighted by atomic mass is 9.93. The van der Waals surface area contributed by atoms with Crippen LogP contribution in [-0.4, -0.2) is 17.9 Å². The van der Waals surface area contributed by atoms with Crippen molar-refractivity contribution >= 4 is 27.0 Å². The fourth-order valence-electron chi connectivity index (χ4n) is 2.22. The molecule has 7 nitrogen and oxygen atoms in total. The molecule has 0 saturated heterocycles. The first kappa shape index (κ1) is 18.3. The van der Waals surface area contributed by atoms with Crippen LogP contribution in [0.5, 0.6) is 0 Å². The van der Waals surface area contributed by atoms with Crippen molar-refractivity contribution in [2.75, 3.05) is 0 Å². The van der Waals surface area contributed by atoms with Crippen LogP contribution in [0.15, 0.2) is 33.6 Å². The Hall–Kier alpha value is -2.00. The lowest BCUT2D eigenvalue weighted by molar-refractivity contribution is -0.385. The molecule has 0 fully saturated rings. The van der Waals surface area contributed by atoms with E-state index >= 15 is 0 Å². The van der Waals surface area contributed by atoms with Gasteiger partial charge in [0.05, 0.1) is 9.82 Å². The minimum atomic E-state index is -4.03. The van der Waals surface area contributed by atoms with E-state index in [9.17, 15) is 18.5 Å². The van der Waals surface area contributed by atoms with Crippen LogP contribution < -0.4 is 4.80 Å². The number of nitro benzene ring substituents is 1. The molecule has 0 aliphatic heterocycles. The molecule has 0 bridgehead atoms. The van der Waals surface area contributed by atoms with Crippen molar-refractivity contribution in [3.05, 3.63) is 49.8 Å². The van der Waals surface area contributed by atoms with Crippen molar-refractivity contribution in [3.8, 4) is 0 Å². The molecule has 130 valence electrons. The molecule has 0 atom stereocenters. The molecule has 0 saturated carbocycles. The van der Waals surface area contributed by atoms with Gasteiger partial charge in [0.1, 0.15) is 0 Å². The summed E-state index contributed by atoms with van der Waals surface area (Å²) in [5, 5.41) is 10.8. The molecule has 1 heterocycles. The van der Waals surface area contributed by atoms with E-state index in [1.807, 2.05) is 27.7 Å². The van der Waals surface area contributed by atoms with Gasteiger partial charge in [-0.25, -0.2) is 0 Å². The Kier molecular flexibility index (Phi) is 4.69. The number of non-ortho nitro benzene ring substituents is 1. The summed E-state index contributed by atoms with van der Waals surface area (Å²) in [6.07, 6.45) is 0. The highest BCUT2D eigenvalue weighted by molar-refractivity contribution is 7.90. The molecule has 0 N–H and O–H groups in total. The molecule has 2 rings (SSSR count). The number of rotatable bonds is 3. The molecule has 0 radical (unpaired) electrons. The monoisotopic (exact) mass is 369 g/mol. The molecule has 0 aliphatic rings. The molecule has 0 aliphatic carbocycles. The van der Waals surface area contributed by atoms with Gasteiger partial charge in [-0.3, -0.25) is 10.1 Å². The second kappa shape index (κ2) is 6.14. The minimum absolute atomic E-state index is 0.129. The Morgan fingerprint density at radius 2 is 1.92 bits per heavy atom. The van der Waals surface area contributed by atoms with E-state index in [2.05, 4.69) is 4.40 Å². The first-order valence-electron chi connectivity index (χ1n) is 7.16. The molecule has 2 aromatic rings. The van der Waals surface area contributed by atoms with Crippen LogP contribution in [0.3, 0.4) is 0 Å². The Morgan fingerprint density at radius 1 is 1.29 bits per heavy atom. The number of nitro groups is 1. The van der Waals surface area contributed by atoms with Crippen LogP contribution in [0.4, 0.5) is 5.69 Å². The standard InChI is InChI=1S/C15H19N3O4S2/c1-10-13(15(2,3)4)23-14(17(10)5)16-24(21,22)12-8-6-7-11(9-12)18(19)20/h6-9H,1-5H3/b16-14+. The smallest absolute Gasteiger partial charge is 0.285 e. The summed E-state index contributed by atoms with van der Waals surface area (Å²) < 4.78 is 30.6. The molecular weight excluding hydrogens is 350 g/mol. The van der Waals surface area contributed by atoms with Gasteiger partial charge in [0.15, 0.2) is 0 Å². The molecular formula is C15H19N3O4S2. The summed E-state index contributed by atoms with van der Waals surface area (Å²) in [4.78, 5) is 11.4. The molecule has 0 amide bonds. The van der Waals surface area contributed by atoms with Gasteiger partial charge in [0, 0.05) is 29.8 Å². The molecule has 0 unspecified atom stereocenters. The third-order valence-corrected chi connectivity index (χ3v) is 6.56. The van der Waals surface area contributed by atoms with Gasteiger partial charge in [-0.15, -0.1) is 15.7 Å². The van der Waals surface area contributed by atoms with Crippen molar-refractivity contribution in [1.82, 2.24) is 4.57 Å². The number of thiazole rings is 1. The average molecular weight is 369 g/mol. The zero-order chi connectivity index (χ0) is 18.3. The van der Waals surface area contributed by atoms with Crippen LogP contribution in [0, 0.1) is 17.0 Å². The maximum absolute atomic E-state index is 12.5. The van der Waals surface area contributed by atoms with E-state index in [4.69, 9.17) is 0 Å². The Bertz CT molecular complexity index is 963. The van der Waals surface area contributed by atoms with Gasteiger partial charge in [-0.05, 0) is 18.4 Å². The van der Waals surface area contributed by atoms with Crippen molar-refractivity contribution < 1.29 is 13.3 Å². The largest absolute Gasteiger partial charge is 0.323 e. The Morgan fingerprint density at radius 3 is 2.42 bits per heavy atom. The summed E-state index contributed by atoms with van der Waals surface area (Å²) in [5.74, 6) is 0. The van der Waals surface area contributed by atoms with E-state index in [0.717, 1.165) is 16.6 Å². The highest BCUT2D eigenvalue weighted by atomic mass is 32.2. The Balaban J connectivity index is 2.63. The SMILES string of the molecule is Cc1c(C(C)(C)C)s/c(=N/S(=O)(=O)c2cccc([N+](=O)[O-])c2)n1C. The van der Waals surface area contributed by atoms with Crippen molar-refractivity contribution in [3.63, 3.8) is 0 Å². The van der Waals surface area contributed by atoms with Crippen LogP contribution >= 0.6 is 11.3 Å². The maximum Gasteiger partial charge on any atom is 0.285 e. The molecule has 1 aromatic heterocycles. The lowest BCUT2D eigenvalue weighted by Crippen LogP contribution is -2.15. The summed E-state index contributed by atoms with van der Waals surface area (Å²) in [6, 6.07) is 4.90. The highest BCUT2D eigenvalue weighted by Gasteiger charge is 2.22. The van der Waals surface area contributed by atoms with Gasteiger partial charge in [-0.1, -0.05) is 26.8 Å². The van der Waals surface area contributed by atoms with Crippen molar-refractivity contribution in [2.45, 2.75) is 38.0 Å². The maximum atomic E-state index is 12.5. The number of hydrogen-bond acceptors (Lipinski definition) is 5. The van der Waals surface area contributed by atoms with E-state index < -0.39 is 14.9 Å². The number of aromatic nitrogens is 1. The zero-order valence-electron chi connectivity index (χ0n) is 14.1. The van der Waals surface area contributed by atoms with E-state index in [-0.39, 0.29) is 16.0 Å². The quantitative estimate of drug-likeness (QED) is 0.614. The summed E-state index contributed by atoms with van der Waals surface area (Å²) >= 11 is 1.31. The first-order valence-corrected chi connectivity index (χ1v) is 9.41. The predicted molar refractivity (Wildman–Crippen MR) is 92.6 cm³/mol. The van der Waals surface area contributed by atoms with Gasteiger partial charge in [0.25, 0.3) is 15.7 Å². The van der Waals surface area contributed by atoms with Gasteiger partial charge >= 0.3 is 0 Å². The van der Waals surface area contributed by atoms with E-state index in [1.54, 1.807) is 11.6 Å². The molecule has 24 heavy (non-hydrogen) atoms. The van der Waals surface area contributed by atoms with Crippen LogP contribution in [0.2, 0.25) is 0 Å². The number of hydrogen-bond donors (Lipinski definition) is 0. The summed E-state index contributed by atoms with van der Waals surface area (Å²) in [6.45, 7) is 8.05. The molecule has 1 aromatic carbocycles. The normalized spacial score (nSPS) is 13.3. The van der Waals surface area contributed by atoms with E-state index in [1.165, 1.54) is 29.5 Å². The summed E-state index contributed by atoms with van der Waals surface area (Å²) in [7, 11) is -2.28. The lowest BCUT2D eigenvalue weighted by Gasteiger charge is -2.17. The predicted octanol–water partition coefficient (Wildman–Crippen LogP) is 2.89. The van der Waals surface area contributed by atoms with Crippen molar-refractivity contribution in [2.24, 2.45) is 11.4 Å². The topological polar surface area (TPSA) is 94.6 Å². The molecule has 0 spiro atoms. The second-order valence-electron chi connectivity index (χ2n) is 6.43. The van der Waals surface area contributed by atoms with Crippen LogP contribution in [-0.2, 0) is 22.5 Å². The summed E-state index contributed by atoms with van der Waals surface area (Å²) in [5.41, 5.74) is 0.532. The second-order valence-corrected chi connectivity index (χ2v) is 9.01. The highest BCUT2D eigenvalue weighted by Crippen LogP contribution is 2.28. The fraction of sp³-hybridized carbons (Fsp3) is 0.400.